The van der Waals surface area contributed by atoms with Crippen molar-refractivity contribution < 1.29 is 18.7 Å². The van der Waals surface area contributed by atoms with Crippen molar-refractivity contribution in [2.24, 2.45) is 5.41 Å². The van der Waals surface area contributed by atoms with Crippen molar-refractivity contribution in [1.29, 1.82) is 0 Å². The minimum absolute atomic E-state index is 0.0658. The molecule has 10 nitrogen and oxygen atoms in total. The van der Waals surface area contributed by atoms with E-state index in [1.54, 1.807) is 47.5 Å². The first-order valence-corrected chi connectivity index (χ1v) is 16.5. The van der Waals surface area contributed by atoms with E-state index in [9.17, 15) is 14.4 Å². The van der Waals surface area contributed by atoms with Crippen molar-refractivity contribution in [3.63, 3.8) is 0 Å². The summed E-state index contributed by atoms with van der Waals surface area (Å²) in [7, 11) is 1.75. The highest BCUT2D eigenvalue weighted by molar-refractivity contribution is 6.19. The molecule has 47 heavy (non-hydrogen) atoms. The van der Waals surface area contributed by atoms with Crippen molar-refractivity contribution in [3.05, 3.63) is 93.6 Å². The fourth-order valence-electron chi connectivity index (χ4n) is 6.75. The van der Waals surface area contributed by atoms with Gasteiger partial charge in [0.2, 0.25) is 11.8 Å². The molecule has 4 heterocycles. The smallest absolute Gasteiger partial charge is 0.261 e. The summed E-state index contributed by atoms with van der Waals surface area (Å²) in [6, 6.07) is 18.4. The molecule has 2 aromatic carbocycles. The van der Waals surface area contributed by atoms with Crippen LogP contribution in [-0.4, -0.2) is 72.6 Å². The van der Waals surface area contributed by atoms with Crippen molar-refractivity contribution in [2.45, 2.75) is 53.9 Å². The summed E-state index contributed by atoms with van der Waals surface area (Å²) in [5.41, 5.74) is 4.30. The lowest BCUT2D eigenvalue weighted by Gasteiger charge is -2.27. The number of pyridine rings is 1. The monoisotopic (exact) mass is 639 g/mol. The van der Waals surface area contributed by atoms with Crippen molar-refractivity contribution >= 4 is 34.2 Å². The van der Waals surface area contributed by atoms with Gasteiger partial charge in [-0.15, -0.1) is 0 Å². The second-order valence-electron chi connectivity index (χ2n) is 13.2. The third kappa shape index (κ3) is 6.76. The Morgan fingerprint density at radius 3 is 2.34 bits per heavy atom. The van der Waals surface area contributed by atoms with Crippen molar-refractivity contribution in [3.8, 4) is 0 Å². The van der Waals surface area contributed by atoms with Crippen LogP contribution in [0, 0.1) is 12.3 Å². The maximum absolute atomic E-state index is 13.5. The molecular weight excluding hydrogens is 594 g/mol. The minimum atomic E-state index is -1.16. The molecule has 248 valence electrons. The number of carbonyl (C=O) groups is 2. The third-order valence-electron chi connectivity index (χ3n) is 9.38. The van der Waals surface area contributed by atoms with E-state index >= 15 is 0 Å². The van der Waals surface area contributed by atoms with Gasteiger partial charge < -0.3 is 23.5 Å². The maximum Gasteiger partial charge on any atom is 0.261 e. The van der Waals surface area contributed by atoms with Gasteiger partial charge in [0.15, 0.2) is 0 Å². The van der Waals surface area contributed by atoms with Gasteiger partial charge in [0.1, 0.15) is 16.8 Å². The van der Waals surface area contributed by atoms with Crippen LogP contribution in [0.2, 0.25) is 0 Å². The SMILES string of the molecule is CCN1C(=O)C(C)(C)C(=O)N(C)c2cc(CN(CCn3ccc4oc(C)cc4c3=O)Cc3cccc(CN4CCOCC4)c3)ccc21. The number of hydrogen-bond donors (Lipinski definition) is 0. The lowest BCUT2D eigenvalue weighted by molar-refractivity contribution is -0.137. The quantitative estimate of drug-likeness (QED) is 0.231. The van der Waals surface area contributed by atoms with E-state index in [-0.39, 0.29) is 17.4 Å². The van der Waals surface area contributed by atoms with E-state index in [1.807, 2.05) is 38.1 Å². The molecule has 1 fully saturated rings. The third-order valence-corrected chi connectivity index (χ3v) is 9.38. The molecule has 2 aliphatic heterocycles. The maximum atomic E-state index is 13.5. The molecule has 2 aromatic heterocycles. The van der Waals surface area contributed by atoms with Crippen LogP contribution in [0.15, 0.2) is 70.0 Å². The molecule has 2 amide bonds. The predicted octanol–water partition coefficient (Wildman–Crippen LogP) is 4.79. The van der Waals surface area contributed by atoms with Gasteiger partial charge in [-0.3, -0.25) is 24.2 Å². The lowest BCUT2D eigenvalue weighted by atomic mass is 9.90. The molecule has 1 saturated heterocycles. The number of aryl methyl sites for hydroxylation is 1. The number of fused-ring (bicyclic) bond motifs is 2. The Kier molecular flexibility index (Phi) is 9.36. The Balaban J connectivity index is 1.29. The highest BCUT2D eigenvalue weighted by atomic mass is 16.5. The van der Waals surface area contributed by atoms with Crippen LogP contribution in [-0.2, 0) is 40.5 Å². The van der Waals surface area contributed by atoms with Gasteiger partial charge in [0.25, 0.3) is 5.56 Å². The Morgan fingerprint density at radius 2 is 1.60 bits per heavy atom. The van der Waals surface area contributed by atoms with Gasteiger partial charge in [-0.1, -0.05) is 30.3 Å². The van der Waals surface area contributed by atoms with E-state index in [4.69, 9.17) is 9.15 Å². The van der Waals surface area contributed by atoms with E-state index in [0.717, 1.165) is 49.8 Å². The average molecular weight is 640 g/mol. The molecule has 0 spiro atoms. The van der Waals surface area contributed by atoms with Crippen LogP contribution >= 0.6 is 0 Å². The molecule has 2 aliphatic rings. The number of benzene rings is 2. The summed E-state index contributed by atoms with van der Waals surface area (Å²) >= 11 is 0. The summed E-state index contributed by atoms with van der Waals surface area (Å²) in [6.07, 6.45) is 1.80. The normalized spacial score (nSPS) is 17.1. The molecule has 10 heteroatoms. The van der Waals surface area contributed by atoms with E-state index < -0.39 is 5.41 Å². The number of morpholine rings is 1. The number of aromatic nitrogens is 1. The largest absolute Gasteiger partial charge is 0.461 e. The average Bonchev–Trinajstić information content (AvgIpc) is 3.44. The number of amides is 2. The fourth-order valence-corrected chi connectivity index (χ4v) is 6.75. The number of furan rings is 1. The lowest BCUT2D eigenvalue weighted by Crippen LogP contribution is -2.47. The number of anilines is 2. The van der Waals surface area contributed by atoms with E-state index in [1.165, 1.54) is 11.1 Å². The first-order chi connectivity index (χ1) is 22.5. The topological polar surface area (TPSA) is 91.5 Å². The van der Waals surface area contributed by atoms with Crippen LogP contribution in [0.1, 0.15) is 43.2 Å². The van der Waals surface area contributed by atoms with Crippen LogP contribution in [0.5, 0.6) is 0 Å². The van der Waals surface area contributed by atoms with Gasteiger partial charge >= 0.3 is 0 Å². The zero-order valence-corrected chi connectivity index (χ0v) is 28.1. The van der Waals surface area contributed by atoms with Crippen LogP contribution < -0.4 is 15.4 Å². The summed E-state index contributed by atoms with van der Waals surface area (Å²) in [5, 5.41) is 0.587. The van der Waals surface area contributed by atoms with E-state index in [2.05, 4.69) is 34.1 Å². The second kappa shape index (κ2) is 13.5. The highest BCUT2D eigenvalue weighted by Gasteiger charge is 2.45. The van der Waals surface area contributed by atoms with Gasteiger partial charge in [-0.05, 0) is 68.7 Å². The molecule has 0 radical (unpaired) electrons. The number of ether oxygens (including phenoxy) is 1. The van der Waals surface area contributed by atoms with Gasteiger partial charge in [-0.2, -0.15) is 0 Å². The van der Waals surface area contributed by atoms with Gasteiger partial charge in [-0.25, -0.2) is 0 Å². The zero-order valence-electron chi connectivity index (χ0n) is 28.1. The molecule has 0 aliphatic carbocycles. The summed E-state index contributed by atoms with van der Waals surface area (Å²) in [5.74, 6) is 0.291. The van der Waals surface area contributed by atoms with Gasteiger partial charge in [0, 0.05) is 65.6 Å². The fraction of sp³-hybridized carbons (Fsp3) is 0.432. The molecule has 6 rings (SSSR count). The number of rotatable bonds is 10. The highest BCUT2D eigenvalue weighted by Crippen LogP contribution is 2.39. The number of hydrogen-bond acceptors (Lipinski definition) is 7. The molecular formula is C37H45N5O5. The van der Waals surface area contributed by atoms with Crippen molar-refractivity contribution in [1.82, 2.24) is 14.4 Å². The molecule has 0 atom stereocenters. The Hall–Kier alpha value is -4.25. The standard InChI is InChI=1S/C37H45N5O5/c1-6-42-31-11-10-29(22-32(31)38(5)35(44)37(3,4)36(42)45)25-40(14-15-41-13-12-33-30(34(41)43)20-26(2)47-33)24-28-9-7-8-27(21-28)23-39-16-18-46-19-17-39/h7-13,20-22H,6,14-19,23-25H2,1-5H3. The zero-order chi connectivity index (χ0) is 33.3. The molecule has 4 aromatic rings. The van der Waals surface area contributed by atoms with E-state index in [0.29, 0.717) is 49.5 Å². The van der Waals surface area contributed by atoms with Crippen LogP contribution in [0.25, 0.3) is 11.0 Å². The molecule has 0 N–H and O–H groups in total. The first kappa shape index (κ1) is 32.7. The van der Waals surface area contributed by atoms with Gasteiger partial charge in [0.05, 0.1) is 30.0 Å². The predicted molar refractivity (Wildman–Crippen MR) is 184 cm³/mol. The summed E-state index contributed by atoms with van der Waals surface area (Å²) in [6.45, 7) is 14.3. The Bertz CT molecular complexity index is 1840. The summed E-state index contributed by atoms with van der Waals surface area (Å²) < 4.78 is 12.9. The van der Waals surface area contributed by atoms with Crippen LogP contribution in [0.3, 0.4) is 0 Å². The molecule has 0 saturated carbocycles. The number of nitrogens with zero attached hydrogens (tertiary/aromatic N) is 5. The Morgan fingerprint density at radius 1 is 0.872 bits per heavy atom. The van der Waals surface area contributed by atoms with Crippen LogP contribution in [0.4, 0.5) is 11.4 Å². The number of carbonyl (C=O) groups excluding carboxylic acids is 2. The molecule has 0 unspecified atom stereocenters. The second-order valence-corrected chi connectivity index (χ2v) is 13.2. The summed E-state index contributed by atoms with van der Waals surface area (Å²) in [4.78, 5) is 48.2. The van der Waals surface area contributed by atoms with Crippen molar-refractivity contribution in [2.75, 3.05) is 56.2 Å². The molecule has 0 bridgehead atoms. The minimum Gasteiger partial charge on any atom is -0.461 e. The Labute approximate surface area is 276 Å². The first-order valence-electron chi connectivity index (χ1n) is 16.5.